The zero-order chi connectivity index (χ0) is 15.3. The van der Waals surface area contributed by atoms with Gasteiger partial charge in [-0.3, -0.25) is 5.32 Å². The van der Waals surface area contributed by atoms with E-state index in [0.29, 0.717) is 0 Å². The van der Waals surface area contributed by atoms with E-state index in [1.54, 1.807) is 18.2 Å². The second-order valence-corrected chi connectivity index (χ2v) is 3.87. The second-order valence-electron chi connectivity index (χ2n) is 3.87. The van der Waals surface area contributed by atoms with Gasteiger partial charge in [-0.1, -0.05) is 30.3 Å². The Morgan fingerprint density at radius 3 is 2.24 bits per heavy atom. The SMILES string of the molecule is O=C(Nc1ccccc1OC(F)(F)F)Oc1ccccc1. The maximum absolute atomic E-state index is 12.2. The van der Waals surface area contributed by atoms with Gasteiger partial charge in [0, 0.05) is 0 Å². The number of nitrogens with one attached hydrogen (secondary N) is 1. The van der Waals surface area contributed by atoms with Crippen LogP contribution >= 0.6 is 0 Å². The van der Waals surface area contributed by atoms with Crippen molar-refractivity contribution in [3.05, 3.63) is 54.6 Å². The highest BCUT2D eigenvalue weighted by molar-refractivity contribution is 5.88. The van der Waals surface area contributed by atoms with Crippen LogP contribution in [0.15, 0.2) is 54.6 Å². The molecule has 4 nitrogen and oxygen atoms in total. The number of amides is 1. The fraction of sp³-hybridized carbons (Fsp3) is 0.0714. The first-order chi connectivity index (χ1) is 9.94. The summed E-state index contributed by atoms with van der Waals surface area (Å²) in [6, 6.07) is 13.3. The van der Waals surface area contributed by atoms with Crippen LogP contribution in [-0.4, -0.2) is 12.5 Å². The quantitative estimate of drug-likeness (QED) is 0.923. The minimum absolute atomic E-state index is 0.143. The van der Waals surface area contributed by atoms with Gasteiger partial charge in [0.05, 0.1) is 5.69 Å². The van der Waals surface area contributed by atoms with Crippen LogP contribution in [0.5, 0.6) is 11.5 Å². The fourth-order valence-electron chi connectivity index (χ4n) is 1.51. The average Bonchev–Trinajstić information content (AvgIpc) is 2.40. The molecule has 0 aromatic heterocycles. The molecule has 0 saturated carbocycles. The van der Waals surface area contributed by atoms with Crippen LogP contribution in [0.25, 0.3) is 0 Å². The van der Waals surface area contributed by atoms with Gasteiger partial charge in [-0.25, -0.2) is 4.79 Å². The highest BCUT2D eigenvalue weighted by Gasteiger charge is 2.32. The van der Waals surface area contributed by atoms with Crippen LogP contribution in [0.3, 0.4) is 0 Å². The van der Waals surface area contributed by atoms with Gasteiger partial charge < -0.3 is 9.47 Å². The number of para-hydroxylation sites is 3. The van der Waals surface area contributed by atoms with Crippen LogP contribution in [0.1, 0.15) is 0 Å². The molecule has 0 aliphatic rings. The summed E-state index contributed by atoms with van der Waals surface area (Å²) >= 11 is 0. The van der Waals surface area contributed by atoms with Crippen LogP contribution in [0, 0.1) is 0 Å². The Labute approximate surface area is 118 Å². The third-order valence-electron chi connectivity index (χ3n) is 2.30. The summed E-state index contributed by atoms with van der Waals surface area (Å²) in [5, 5.41) is 2.20. The molecule has 0 aliphatic carbocycles. The number of alkyl halides is 3. The molecule has 1 N–H and O–H groups in total. The van der Waals surface area contributed by atoms with Gasteiger partial charge in [-0.05, 0) is 24.3 Å². The van der Waals surface area contributed by atoms with Gasteiger partial charge in [-0.2, -0.15) is 0 Å². The standard InChI is InChI=1S/C14H10F3NO3/c15-14(16,17)21-12-9-5-4-8-11(12)18-13(19)20-10-6-2-1-3-7-10/h1-9H,(H,18,19). The smallest absolute Gasteiger partial charge is 0.410 e. The summed E-state index contributed by atoms with van der Waals surface area (Å²) in [6.07, 6.45) is -5.76. The van der Waals surface area contributed by atoms with E-state index in [2.05, 4.69) is 10.1 Å². The highest BCUT2D eigenvalue weighted by atomic mass is 19.4. The van der Waals surface area contributed by atoms with Crippen molar-refractivity contribution in [2.24, 2.45) is 0 Å². The zero-order valence-corrected chi connectivity index (χ0v) is 10.6. The maximum Gasteiger partial charge on any atom is 0.573 e. The Morgan fingerprint density at radius 2 is 1.57 bits per heavy atom. The van der Waals surface area contributed by atoms with Crippen molar-refractivity contribution in [3.63, 3.8) is 0 Å². The van der Waals surface area contributed by atoms with Crippen molar-refractivity contribution < 1.29 is 27.4 Å². The summed E-state index contributed by atoms with van der Waals surface area (Å²) < 4.78 is 45.4. The number of benzene rings is 2. The third-order valence-corrected chi connectivity index (χ3v) is 2.30. The van der Waals surface area contributed by atoms with Crippen molar-refractivity contribution in [2.45, 2.75) is 6.36 Å². The van der Waals surface area contributed by atoms with E-state index >= 15 is 0 Å². The Morgan fingerprint density at radius 1 is 0.952 bits per heavy atom. The molecule has 0 spiro atoms. The summed E-state index contributed by atoms with van der Waals surface area (Å²) in [7, 11) is 0. The number of rotatable bonds is 3. The molecule has 2 aromatic carbocycles. The fourth-order valence-corrected chi connectivity index (χ4v) is 1.51. The van der Waals surface area contributed by atoms with E-state index in [4.69, 9.17) is 4.74 Å². The summed E-state index contributed by atoms with van der Waals surface area (Å²) in [5.41, 5.74) is -0.143. The van der Waals surface area contributed by atoms with Crippen molar-refractivity contribution in [3.8, 4) is 11.5 Å². The Kier molecular flexibility index (Phi) is 4.32. The van der Waals surface area contributed by atoms with Crippen LogP contribution in [-0.2, 0) is 0 Å². The molecule has 2 aromatic rings. The lowest BCUT2D eigenvalue weighted by molar-refractivity contribution is -0.274. The van der Waals surface area contributed by atoms with E-state index in [-0.39, 0.29) is 11.4 Å². The van der Waals surface area contributed by atoms with Crippen LogP contribution in [0.2, 0.25) is 0 Å². The zero-order valence-electron chi connectivity index (χ0n) is 10.6. The first kappa shape index (κ1) is 14.7. The molecule has 0 saturated heterocycles. The Bertz CT molecular complexity index is 614. The van der Waals surface area contributed by atoms with Gasteiger partial charge in [-0.15, -0.1) is 13.2 Å². The molecule has 0 aliphatic heterocycles. The van der Waals surface area contributed by atoms with Crippen molar-refractivity contribution in [2.75, 3.05) is 5.32 Å². The summed E-state index contributed by atoms with van der Waals surface area (Å²) in [4.78, 5) is 11.6. The molecule has 0 atom stereocenters. The molecule has 7 heteroatoms. The van der Waals surface area contributed by atoms with Gasteiger partial charge in [0.2, 0.25) is 0 Å². The minimum Gasteiger partial charge on any atom is -0.410 e. The van der Waals surface area contributed by atoms with E-state index in [1.807, 2.05) is 0 Å². The lowest BCUT2D eigenvalue weighted by atomic mass is 10.3. The van der Waals surface area contributed by atoms with Crippen LogP contribution in [0.4, 0.5) is 23.7 Å². The molecular formula is C14H10F3NO3. The lowest BCUT2D eigenvalue weighted by Gasteiger charge is -2.13. The monoisotopic (exact) mass is 297 g/mol. The molecular weight excluding hydrogens is 287 g/mol. The van der Waals surface area contributed by atoms with Gasteiger partial charge in [0.25, 0.3) is 0 Å². The van der Waals surface area contributed by atoms with Gasteiger partial charge in [0.15, 0.2) is 5.75 Å². The number of anilines is 1. The molecule has 21 heavy (non-hydrogen) atoms. The first-order valence-electron chi connectivity index (χ1n) is 5.83. The predicted molar refractivity (Wildman–Crippen MR) is 69.2 cm³/mol. The summed E-state index contributed by atoms with van der Waals surface area (Å²) in [6.45, 7) is 0. The van der Waals surface area contributed by atoms with E-state index in [0.717, 1.165) is 6.07 Å². The molecule has 110 valence electrons. The van der Waals surface area contributed by atoms with Gasteiger partial charge >= 0.3 is 12.5 Å². The average molecular weight is 297 g/mol. The number of hydrogen-bond acceptors (Lipinski definition) is 3. The predicted octanol–water partition coefficient (Wildman–Crippen LogP) is 4.20. The number of halogens is 3. The topological polar surface area (TPSA) is 47.6 Å². The second kappa shape index (κ2) is 6.17. The molecule has 0 fully saturated rings. The highest BCUT2D eigenvalue weighted by Crippen LogP contribution is 2.30. The molecule has 0 radical (unpaired) electrons. The maximum atomic E-state index is 12.2. The molecule has 0 heterocycles. The Balaban J connectivity index is 2.07. The van der Waals surface area contributed by atoms with Crippen molar-refractivity contribution in [1.82, 2.24) is 0 Å². The van der Waals surface area contributed by atoms with Crippen molar-refractivity contribution >= 4 is 11.8 Å². The number of carbonyl (C=O) groups excluding carboxylic acids is 1. The number of ether oxygens (including phenoxy) is 2. The molecule has 1 amide bonds. The van der Waals surface area contributed by atoms with E-state index < -0.39 is 18.2 Å². The first-order valence-corrected chi connectivity index (χ1v) is 5.83. The number of hydrogen-bond donors (Lipinski definition) is 1. The third kappa shape index (κ3) is 4.72. The molecule has 0 bridgehead atoms. The van der Waals surface area contributed by atoms with E-state index in [9.17, 15) is 18.0 Å². The van der Waals surface area contributed by atoms with Crippen molar-refractivity contribution in [1.29, 1.82) is 0 Å². The number of carbonyl (C=O) groups is 1. The Hall–Kier alpha value is -2.70. The minimum atomic E-state index is -4.85. The summed E-state index contributed by atoms with van der Waals surface area (Å²) in [5.74, 6) is -0.251. The molecule has 2 rings (SSSR count). The van der Waals surface area contributed by atoms with E-state index in [1.165, 1.54) is 30.3 Å². The lowest BCUT2D eigenvalue weighted by Crippen LogP contribution is -2.21. The normalized spacial score (nSPS) is 10.8. The molecule has 0 unspecified atom stereocenters. The van der Waals surface area contributed by atoms with Gasteiger partial charge in [0.1, 0.15) is 5.75 Å². The largest absolute Gasteiger partial charge is 0.573 e. The van der Waals surface area contributed by atoms with Crippen LogP contribution < -0.4 is 14.8 Å².